The molecule has 0 atom stereocenters. The van der Waals surface area contributed by atoms with Crippen molar-refractivity contribution in [3.63, 3.8) is 0 Å². The minimum absolute atomic E-state index is 0.0287. The van der Waals surface area contributed by atoms with E-state index < -0.39 is 18.5 Å². The molecule has 2 aromatic rings. The topological polar surface area (TPSA) is 84.9 Å². The van der Waals surface area contributed by atoms with Gasteiger partial charge in [0.1, 0.15) is 17.1 Å². The number of esters is 1. The number of aromatic hydroxyl groups is 1. The van der Waals surface area contributed by atoms with Crippen LogP contribution in [0.5, 0.6) is 11.5 Å². The van der Waals surface area contributed by atoms with Gasteiger partial charge in [-0.25, -0.2) is 4.79 Å². The summed E-state index contributed by atoms with van der Waals surface area (Å²) in [7, 11) is 1.46. The Balaban J connectivity index is 2.10. The van der Waals surface area contributed by atoms with Gasteiger partial charge in [0.05, 0.1) is 7.11 Å². The molecule has 0 saturated heterocycles. The molecule has 0 aliphatic heterocycles. The van der Waals surface area contributed by atoms with Crippen LogP contribution in [0.15, 0.2) is 36.4 Å². The van der Waals surface area contributed by atoms with E-state index in [4.69, 9.17) is 9.47 Å². The Bertz CT molecular complexity index is 832. The zero-order valence-corrected chi connectivity index (χ0v) is 16.9. The monoisotopic (exact) mass is 385 g/mol. The maximum Gasteiger partial charge on any atom is 0.342 e. The second kappa shape index (κ2) is 9.26. The molecule has 6 nitrogen and oxygen atoms in total. The van der Waals surface area contributed by atoms with Crippen molar-refractivity contribution in [2.45, 2.75) is 39.5 Å². The van der Waals surface area contributed by atoms with E-state index in [9.17, 15) is 14.7 Å². The second-order valence-corrected chi connectivity index (χ2v) is 7.13. The highest BCUT2D eigenvalue weighted by atomic mass is 16.5. The second-order valence-electron chi connectivity index (χ2n) is 7.13. The summed E-state index contributed by atoms with van der Waals surface area (Å²) in [6.07, 6.45) is 0. The van der Waals surface area contributed by atoms with Crippen LogP contribution < -0.4 is 10.1 Å². The number of phenols is 1. The standard InChI is InChI=1S/C22H27NO5/c1-13(2)16-7-6-8-17(14(3)4)21(16)23-20(25)12-28-22(26)18-10-9-15(27-5)11-19(18)24/h6-11,13-14,24H,12H2,1-5H3,(H,23,25). The van der Waals surface area contributed by atoms with Gasteiger partial charge in [-0.3, -0.25) is 4.79 Å². The molecule has 150 valence electrons. The summed E-state index contributed by atoms with van der Waals surface area (Å²) in [4.78, 5) is 24.6. The molecule has 6 heteroatoms. The number of hydrogen-bond acceptors (Lipinski definition) is 5. The fraction of sp³-hybridized carbons (Fsp3) is 0.364. The van der Waals surface area contributed by atoms with Gasteiger partial charge in [-0.2, -0.15) is 0 Å². The lowest BCUT2D eigenvalue weighted by Gasteiger charge is -2.20. The molecule has 0 aliphatic rings. The van der Waals surface area contributed by atoms with E-state index in [-0.39, 0.29) is 23.1 Å². The van der Waals surface area contributed by atoms with Crippen molar-refractivity contribution in [2.24, 2.45) is 0 Å². The number of rotatable bonds is 7. The van der Waals surface area contributed by atoms with E-state index in [1.807, 2.05) is 18.2 Å². The molecule has 0 aromatic heterocycles. The third-order valence-corrected chi connectivity index (χ3v) is 4.40. The summed E-state index contributed by atoms with van der Waals surface area (Å²) in [6, 6.07) is 10.2. The summed E-state index contributed by atoms with van der Waals surface area (Å²) in [5, 5.41) is 12.8. The maximum atomic E-state index is 12.4. The Labute approximate surface area is 165 Å². The average Bonchev–Trinajstić information content (AvgIpc) is 2.65. The van der Waals surface area contributed by atoms with Crippen LogP contribution in [-0.2, 0) is 9.53 Å². The van der Waals surface area contributed by atoms with E-state index in [2.05, 4.69) is 33.0 Å². The number of nitrogens with one attached hydrogen (secondary N) is 1. The quantitative estimate of drug-likeness (QED) is 0.688. The van der Waals surface area contributed by atoms with Crippen LogP contribution >= 0.6 is 0 Å². The smallest absolute Gasteiger partial charge is 0.342 e. The molecule has 0 radical (unpaired) electrons. The van der Waals surface area contributed by atoms with E-state index in [1.165, 1.54) is 25.3 Å². The molecular weight excluding hydrogens is 358 g/mol. The van der Waals surface area contributed by atoms with Crippen LogP contribution in [-0.4, -0.2) is 30.7 Å². The third kappa shape index (κ3) is 5.03. The molecule has 2 rings (SSSR count). The number of amides is 1. The number of para-hydroxylation sites is 1. The summed E-state index contributed by atoms with van der Waals surface area (Å²) >= 11 is 0. The third-order valence-electron chi connectivity index (χ3n) is 4.40. The minimum Gasteiger partial charge on any atom is -0.507 e. The minimum atomic E-state index is -0.781. The molecule has 2 aromatic carbocycles. The van der Waals surface area contributed by atoms with Crippen molar-refractivity contribution < 1.29 is 24.2 Å². The first kappa shape index (κ1) is 21.3. The van der Waals surface area contributed by atoms with Crippen molar-refractivity contribution in [1.29, 1.82) is 0 Å². The molecule has 28 heavy (non-hydrogen) atoms. The number of ether oxygens (including phenoxy) is 2. The van der Waals surface area contributed by atoms with Crippen LogP contribution in [0.25, 0.3) is 0 Å². The first-order chi connectivity index (χ1) is 13.2. The largest absolute Gasteiger partial charge is 0.507 e. The zero-order chi connectivity index (χ0) is 20.8. The number of anilines is 1. The van der Waals surface area contributed by atoms with Gasteiger partial charge >= 0.3 is 5.97 Å². The number of methoxy groups -OCH3 is 1. The van der Waals surface area contributed by atoms with Gasteiger partial charge in [0.25, 0.3) is 5.91 Å². The Kier molecular flexibility index (Phi) is 7.04. The van der Waals surface area contributed by atoms with Crippen molar-refractivity contribution >= 4 is 17.6 Å². The lowest BCUT2D eigenvalue weighted by Crippen LogP contribution is -2.22. The Hall–Kier alpha value is -3.02. The summed E-state index contributed by atoms with van der Waals surface area (Å²) in [6.45, 7) is 7.78. The van der Waals surface area contributed by atoms with E-state index in [1.54, 1.807) is 0 Å². The van der Waals surface area contributed by atoms with Crippen LogP contribution in [0.1, 0.15) is 61.0 Å². The number of hydrogen-bond donors (Lipinski definition) is 2. The highest BCUT2D eigenvalue weighted by Gasteiger charge is 2.18. The zero-order valence-electron chi connectivity index (χ0n) is 16.9. The van der Waals surface area contributed by atoms with Gasteiger partial charge in [0.15, 0.2) is 6.61 Å². The SMILES string of the molecule is COc1ccc(C(=O)OCC(=O)Nc2c(C(C)C)cccc2C(C)C)c(O)c1. The molecule has 0 fully saturated rings. The summed E-state index contributed by atoms with van der Waals surface area (Å²) < 4.78 is 10.0. The predicted octanol–water partition coefficient (Wildman–Crippen LogP) is 4.44. The normalized spacial score (nSPS) is 10.8. The fourth-order valence-corrected chi connectivity index (χ4v) is 2.89. The van der Waals surface area contributed by atoms with Crippen molar-refractivity contribution in [3.8, 4) is 11.5 Å². The van der Waals surface area contributed by atoms with Gasteiger partial charge in [-0.15, -0.1) is 0 Å². The van der Waals surface area contributed by atoms with E-state index >= 15 is 0 Å². The Morgan fingerprint density at radius 2 is 1.64 bits per heavy atom. The van der Waals surface area contributed by atoms with Crippen LogP contribution in [0, 0.1) is 0 Å². The van der Waals surface area contributed by atoms with Gasteiger partial charge in [-0.1, -0.05) is 45.9 Å². The molecule has 0 unspecified atom stereocenters. The molecule has 1 amide bonds. The molecule has 0 heterocycles. The number of carbonyl (C=O) groups is 2. The number of phenolic OH excluding ortho intramolecular Hbond substituents is 1. The van der Waals surface area contributed by atoms with Gasteiger partial charge < -0.3 is 19.9 Å². The van der Waals surface area contributed by atoms with Crippen molar-refractivity contribution in [1.82, 2.24) is 0 Å². The first-order valence-corrected chi connectivity index (χ1v) is 9.21. The fourth-order valence-electron chi connectivity index (χ4n) is 2.89. The first-order valence-electron chi connectivity index (χ1n) is 9.21. The Morgan fingerprint density at radius 1 is 1.04 bits per heavy atom. The highest BCUT2D eigenvalue weighted by Crippen LogP contribution is 2.32. The number of carbonyl (C=O) groups excluding carboxylic acids is 2. The van der Waals surface area contributed by atoms with Gasteiger partial charge in [0, 0.05) is 11.8 Å². The molecule has 0 spiro atoms. The summed E-state index contributed by atoms with van der Waals surface area (Å²) in [5.41, 5.74) is 2.79. The number of benzene rings is 2. The highest BCUT2D eigenvalue weighted by molar-refractivity contribution is 5.97. The van der Waals surface area contributed by atoms with Gasteiger partial charge in [-0.05, 0) is 35.1 Å². The van der Waals surface area contributed by atoms with E-state index in [0.29, 0.717) is 5.75 Å². The van der Waals surface area contributed by atoms with Gasteiger partial charge in [0.2, 0.25) is 0 Å². The van der Waals surface area contributed by atoms with E-state index in [0.717, 1.165) is 16.8 Å². The van der Waals surface area contributed by atoms with Crippen molar-refractivity contribution in [3.05, 3.63) is 53.1 Å². The molecule has 0 saturated carbocycles. The average molecular weight is 385 g/mol. The Morgan fingerprint density at radius 3 is 2.14 bits per heavy atom. The maximum absolute atomic E-state index is 12.4. The molecule has 0 bridgehead atoms. The molecular formula is C22H27NO5. The lowest BCUT2D eigenvalue weighted by molar-refractivity contribution is -0.119. The van der Waals surface area contributed by atoms with Crippen LogP contribution in [0.2, 0.25) is 0 Å². The van der Waals surface area contributed by atoms with Crippen LogP contribution in [0.4, 0.5) is 5.69 Å². The molecule has 2 N–H and O–H groups in total. The predicted molar refractivity (Wildman–Crippen MR) is 108 cm³/mol. The summed E-state index contributed by atoms with van der Waals surface area (Å²) in [5.74, 6) is -0.608. The lowest BCUT2D eigenvalue weighted by atomic mass is 9.92. The van der Waals surface area contributed by atoms with Crippen LogP contribution in [0.3, 0.4) is 0 Å². The molecule has 0 aliphatic carbocycles. The van der Waals surface area contributed by atoms with Crippen molar-refractivity contribution in [2.75, 3.05) is 19.0 Å².